The van der Waals surface area contributed by atoms with Crippen molar-refractivity contribution in [2.45, 2.75) is 25.3 Å². The number of aryl methyl sites for hydroxylation is 1. The number of piperidine rings is 1. The maximum atomic E-state index is 12.6. The van der Waals surface area contributed by atoms with Gasteiger partial charge in [-0.25, -0.2) is 4.98 Å². The predicted octanol–water partition coefficient (Wildman–Crippen LogP) is 2.79. The number of benzene rings is 1. The third kappa shape index (κ3) is 2.42. The van der Waals surface area contributed by atoms with Crippen molar-refractivity contribution in [1.29, 1.82) is 0 Å². The number of pyridine rings is 1. The highest BCUT2D eigenvalue weighted by Crippen LogP contribution is 2.36. The van der Waals surface area contributed by atoms with Gasteiger partial charge in [-0.05, 0) is 44.0 Å². The minimum absolute atomic E-state index is 0.0345. The second-order valence-corrected chi connectivity index (χ2v) is 6.38. The standard InChI is InChI=1S/C18H20N4O/c1-13-4-6-14(7-5-13)22-11-8-18(9-12-22)17(23)20-16-15(21-18)3-2-10-19-16/h2-7,10,21H,8-9,11-12H2,1H3,(H,19,20,23). The molecule has 2 aromatic rings. The maximum Gasteiger partial charge on any atom is 0.251 e. The summed E-state index contributed by atoms with van der Waals surface area (Å²) in [4.78, 5) is 19.1. The van der Waals surface area contributed by atoms with Crippen molar-refractivity contribution in [2.75, 3.05) is 28.6 Å². The molecule has 1 amide bonds. The van der Waals surface area contributed by atoms with E-state index in [-0.39, 0.29) is 5.91 Å². The second-order valence-electron chi connectivity index (χ2n) is 6.38. The van der Waals surface area contributed by atoms with Gasteiger partial charge in [-0.15, -0.1) is 0 Å². The monoisotopic (exact) mass is 308 g/mol. The molecule has 4 rings (SSSR count). The summed E-state index contributed by atoms with van der Waals surface area (Å²) in [6.45, 7) is 3.81. The van der Waals surface area contributed by atoms with Gasteiger partial charge in [-0.3, -0.25) is 4.79 Å². The van der Waals surface area contributed by atoms with Crippen LogP contribution in [-0.4, -0.2) is 29.5 Å². The van der Waals surface area contributed by atoms with Crippen LogP contribution in [-0.2, 0) is 4.79 Å². The molecule has 118 valence electrons. The molecule has 0 bridgehead atoms. The van der Waals surface area contributed by atoms with Gasteiger partial charge in [0.05, 0.1) is 5.69 Å². The molecule has 2 aliphatic heterocycles. The van der Waals surface area contributed by atoms with Crippen molar-refractivity contribution in [2.24, 2.45) is 0 Å². The Morgan fingerprint density at radius 2 is 1.87 bits per heavy atom. The van der Waals surface area contributed by atoms with Gasteiger partial charge >= 0.3 is 0 Å². The van der Waals surface area contributed by atoms with Gasteiger partial charge in [0.15, 0.2) is 5.82 Å². The fourth-order valence-corrected chi connectivity index (χ4v) is 3.40. The molecule has 2 N–H and O–H groups in total. The highest BCUT2D eigenvalue weighted by molar-refractivity contribution is 6.05. The summed E-state index contributed by atoms with van der Waals surface area (Å²) in [6, 6.07) is 12.4. The average molecular weight is 308 g/mol. The molecule has 0 unspecified atom stereocenters. The molecule has 2 aliphatic rings. The lowest BCUT2D eigenvalue weighted by atomic mass is 9.84. The van der Waals surface area contributed by atoms with E-state index in [9.17, 15) is 4.79 Å². The normalized spacial score (nSPS) is 19.0. The van der Waals surface area contributed by atoms with Gasteiger partial charge in [-0.1, -0.05) is 17.7 Å². The summed E-state index contributed by atoms with van der Waals surface area (Å²) in [5.74, 6) is 0.663. The van der Waals surface area contributed by atoms with Crippen LogP contribution in [0.4, 0.5) is 17.2 Å². The Hall–Kier alpha value is -2.56. The highest BCUT2D eigenvalue weighted by Gasteiger charge is 2.44. The Morgan fingerprint density at radius 3 is 2.61 bits per heavy atom. The van der Waals surface area contributed by atoms with Crippen LogP contribution in [0.5, 0.6) is 0 Å². The minimum Gasteiger partial charge on any atom is -0.371 e. The van der Waals surface area contributed by atoms with Crippen LogP contribution in [0.3, 0.4) is 0 Å². The van der Waals surface area contributed by atoms with Gasteiger partial charge in [0, 0.05) is 25.0 Å². The molecule has 1 fully saturated rings. The number of rotatable bonds is 1. The van der Waals surface area contributed by atoms with Gasteiger partial charge in [0.2, 0.25) is 0 Å². The van der Waals surface area contributed by atoms with E-state index >= 15 is 0 Å². The number of amides is 1. The van der Waals surface area contributed by atoms with Crippen molar-refractivity contribution in [3.8, 4) is 0 Å². The summed E-state index contributed by atoms with van der Waals surface area (Å²) < 4.78 is 0. The van der Waals surface area contributed by atoms with Crippen LogP contribution < -0.4 is 15.5 Å². The van der Waals surface area contributed by atoms with Gasteiger partial charge in [0.25, 0.3) is 5.91 Å². The second kappa shape index (κ2) is 5.26. The van der Waals surface area contributed by atoms with Gasteiger partial charge in [-0.2, -0.15) is 0 Å². The zero-order chi connectivity index (χ0) is 15.9. The topological polar surface area (TPSA) is 57.3 Å². The van der Waals surface area contributed by atoms with Crippen LogP contribution in [0.15, 0.2) is 42.6 Å². The van der Waals surface area contributed by atoms with Crippen LogP contribution in [0.2, 0.25) is 0 Å². The lowest BCUT2D eigenvalue weighted by molar-refractivity contribution is -0.121. The highest BCUT2D eigenvalue weighted by atomic mass is 16.2. The molecule has 1 saturated heterocycles. The van der Waals surface area contributed by atoms with Crippen molar-refractivity contribution >= 4 is 23.1 Å². The molecular formula is C18H20N4O. The summed E-state index contributed by atoms with van der Waals surface area (Å²) in [5, 5.41) is 6.39. The largest absolute Gasteiger partial charge is 0.371 e. The molecule has 5 nitrogen and oxygen atoms in total. The van der Waals surface area contributed by atoms with Crippen LogP contribution in [0.25, 0.3) is 0 Å². The van der Waals surface area contributed by atoms with Crippen LogP contribution >= 0.6 is 0 Å². The Bertz CT molecular complexity index is 733. The number of hydrogen-bond acceptors (Lipinski definition) is 4. The number of carbonyl (C=O) groups is 1. The Morgan fingerprint density at radius 1 is 1.13 bits per heavy atom. The van der Waals surface area contributed by atoms with E-state index in [0.717, 1.165) is 31.6 Å². The lowest BCUT2D eigenvalue weighted by Gasteiger charge is -2.44. The van der Waals surface area contributed by atoms with E-state index in [4.69, 9.17) is 0 Å². The van der Waals surface area contributed by atoms with Crippen molar-refractivity contribution in [1.82, 2.24) is 4.98 Å². The predicted molar refractivity (Wildman–Crippen MR) is 91.8 cm³/mol. The SMILES string of the molecule is Cc1ccc(N2CCC3(CC2)Nc2cccnc2NC3=O)cc1. The molecule has 1 spiro atoms. The average Bonchev–Trinajstić information content (AvgIpc) is 2.58. The number of fused-ring (bicyclic) bond motifs is 1. The first-order valence-corrected chi connectivity index (χ1v) is 8.03. The minimum atomic E-state index is -0.517. The Balaban J connectivity index is 1.52. The van der Waals surface area contributed by atoms with E-state index in [1.807, 2.05) is 12.1 Å². The van der Waals surface area contributed by atoms with E-state index in [1.54, 1.807) is 6.20 Å². The van der Waals surface area contributed by atoms with Crippen molar-refractivity contribution < 1.29 is 4.79 Å². The zero-order valence-electron chi connectivity index (χ0n) is 13.2. The molecule has 0 saturated carbocycles. The number of carbonyl (C=O) groups excluding carboxylic acids is 1. The molecule has 23 heavy (non-hydrogen) atoms. The van der Waals surface area contributed by atoms with Crippen LogP contribution in [0.1, 0.15) is 18.4 Å². The first-order valence-electron chi connectivity index (χ1n) is 8.03. The fourth-order valence-electron chi connectivity index (χ4n) is 3.40. The third-order valence-electron chi connectivity index (χ3n) is 4.86. The molecule has 0 radical (unpaired) electrons. The molecule has 5 heteroatoms. The number of anilines is 3. The van der Waals surface area contributed by atoms with Crippen molar-refractivity contribution in [3.05, 3.63) is 48.2 Å². The molecule has 0 aliphatic carbocycles. The number of hydrogen-bond donors (Lipinski definition) is 2. The number of nitrogens with zero attached hydrogens (tertiary/aromatic N) is 2. The summed E-state index contributed by atoms with van der Waals surface area (Å²) in [6.07, 6.45) is 3.25. The quantitative estimate of drug-likeness (QED) is 0.850. The fraction of sp³-hybridized carbons (Fsp3) is 0.333. The molecule has 0 atom stereocenters. The lowest BCUT2D eigenvalue weighted by Crippen LogP contribution is -2.58. The molecule has 1 aromatic carbocycles. The molecule has 3 heterocycles. The molecular weight excluding hydrogens is 288 g/mol. The maximum absolute atomic E-state index is 12.6. The Labute approximate surface area is 135 Å². The zero-order valence-corrected chi connectivity index (χ0v) is 13.2. The smallest absolute Gasteiger partial charge is 0.251 e. The Kier molecular flexibility index (Phi) is 3.22. The van der Waals surface area contributed by atoms with Crippen LogP contribution in [0, 0.1) is 6.92 Å². The number of nitrogens with one attached hydrogen (secondary N) is 2. The van der Waals surface area contributed by atoms with Gasteiger partial charge in [0.1, 0.15) is 5.54 Å². The van der Waals surface area contributed by atoms with E-state index in [2.05, 4.69) is 51.7 Å². The number of aromatic nitrogens is 1. The summed E-state index contributed by atoms with van der Waals surface area (Å²) in [7, 11) is 0. The first kappa shape index (κ1) is 14.1. The van der Waals surface area contributed by atoms with Crippen molar-refractivity contribution in [3.63, 3.8) is 0 Å². The van der Waals surface area contributed by atoms with E-state index < -0.39 is 5.54 Å². The summed E-state index contributed by atoms with van der Waals surface area (Å²) >= 11 is 0. The first-order chi connectivity index (χ1) is 11.2. The summed E-state index contributed by atoms with van der Waals surface area (Å²) in [5.41, 5.74) is 2.89. The molecule has 1 aromatic heterocycles. The third-order valence-corrected chi connectivity index (χ3v) is 4.86. The van der Waals surface area contributed by atoms with Gasteiger partial charge < -0.3 is 15.5 Å². The van der Waals surface area contributed by atoms with E-state index in [1.165, 1.54) is 11.3 Å². The van der Waals surface area contributed by atoms with E-state index in [0.29, 0.717) is 5.82 Å².